The predicted octanol–water partition coefficient (Wildman–Crippen LogP) is 4.51. The van der Waals surface area contributed by atoms with Gasteiger partial charge in [-0.3, -0.25) is 4.79 Å². The number of hydrogen-bond acceptors (Lipinski definition) is 6. The van der Waals surface area contributed by atoms with Crippen LogP contribution in [0.1, 0.15) is 41.9 Å². The van der Waals surface area contributed by atoms with Gasteiger partial charge in [-0.1, -0.05) is 65.3 Å². The Morgan fingerprint density at radius 3 is 2.38 bits per heavy atom. The van der Waals surface area contributed by atoms with Crippen LogP contribution in [0.4, 0.5) is 8.78 Å². The van der Waals surface area contributed by atoms with Gasteiger partial charge >= 0.3 is 0 Å². The van der Waals surface area contributed by atoms with Crippen LogP contribution < -0.4 is 15.8 Å². The van der Waals surface area contributed by atoms with Gasteiger partial charge in [0, 0.05) is 10.4 Å². The molecule has 210 valence electrons. The molecule has 4 aromatic rings. The average molecular weight is 615 g/mol. The molecule has 0 aliphatic heterocycles. The van der Waals surface area contributed by atoms with Crippen molar-refractivity contribution >= 4 is 21.8 Å². The van der Waals surface area contributed by atoms with Crippen molar-refractivity contribution in [1.29, 1.82) is 0 Å². The van der Waals surface area contributed by atoms with Crippen molar-refractivity contribution in [3.63, 3.8) is 0 Å². The van der Waals surface area contributed by atoms with Crippen molar-refractivity contribution in [3.05, 3.63) is 106 Å². The number of carbonyl (C=O) groups is 1. The zero-order valence-electron chi connectivity index (χ0n) is 21.5. The van der Waals surface area contributed by atoms with Gasteiger partial charge in [-0.25, -0.2) is 13.8 Å². The molecule has 4 atom stereocenters. The Bertz CT molecular complexity index is 1410. The lowest BCUT2D eigenvalue weighted by molar-refractivity contribution is -0.123. The van der Waals surface area contributed by atoms with Crippen molar-refractivity contribution < 1.29 is 28.5 Å². The molecule has 0 spiro atoms. The van der Waals surface area contributed by atoms with E-state index in [9.17, 15) is 18.7 Å². The molecule has 8 nitrogen and oxygen atoms in total. The molecule has 0 unspecified atom stereocenters. The Kier molecular flexibility index (Phi) is 9.64. The number of aromatic nitrogens is 2. The zero-order chi connectivity index (χ0) is 28.8. The molecule has 0 fully saturated rings. The van der Waals surface area contributed by atoms with Gasteiger partial charge < -0.3 is 31.0 Å². The van der Waals surface area contributed by atoms with Gasteiger partial charge in [0.15, 0.2) is 0 Å². The average Bonchev–Trinajstić information content (AvgIpc) is 3.43. The Hall–Kier alpha value is -3.64. The standard InChI is InChI=1S/C29H29BrF2N4O4/c1-16(17-5-3-2-4-6-17)27(28-34-13-24(35-28)25-22(31)11-19(30)12-23(25)32)36-29(39)26(33)18-7-9-21(10-8-18)40-15-20(38)14-37/h2-13,16,20,26-27,37-38H,14-15,33H2,1H3,(H,34,35)(H,36,39)/t16-,20+,26+,27-/m0/s1. The molecule has 1 amide bonds. The summed E-state index contributed by atoms with van der Waals surface area (Å²) in [4.78, 5) is 20.7. The van der Waals surface area contributed by atoms with Crippen LogP contribution >= 0.6 is 15.9 Å². The summed E-state index contributed by atoms with van der Waals surface area (Å²) < 4.78 is 34.9. The minimum Gasteiger partial charge on any atom is -0.491 e. The van der Waals surface area contributed by atoms with Gasteiger partial charge in [-0.15, -0.1) is 0 Å². The number of imidazole rings is 1. The van der Waals surface area contributed by atoms with Crippen molar-refractivity contribution in [2.45, 2.75) is 31.0 Å². The topological polar surface area (TPSA) is 133 Å². The number of H-pyrrole nitrogens is 1. The van der Waals surface area contributed by atoms with Gasteiger partial charge in [0.1, 0.15) is 42.0 Å². The molecule has 1 heterocycles. The van der Waals surface area contributed by atoms with E-state index < -0.39 is 42.3 Å². The first-order valence-electron chi connectivity index (χ1n) is 12.5. The molecule has 11 heteroatoms. The van der Waals surface area contributed by atoms with Gasteiger partial charge in [0.05, 0.1) is 30.1 Å². The molecule has 4 rings (SSSR count). The number of rotatable bonds is 11. The third-order valence-corrected chi connectivity index (χ3v) is 6.92. The first kappa shape index (κ1) is 29.3. The van der Waals surface area contributed by atoms with Crippen molar-refractivity contribution in [2.24, 2.45) is 5.73 Å². The van der Waals surface area contributed by atoms with Crippen LogP contribution in [0.15, 0.2) is 77.4 Å². The number of aliphatic hydroxyl groups is 2. The van der Waals surface area contributed by atoms with Crippen molar-refractivity contribution in [2.75, 3.05) is 13.2 Å². The van der Waals surface area contributed by atoms with Crippen LogP contribution in [0.2, 0.25) is 0 Å². The summed E-state index contributed by atoms with van der Waals surface area (Å²) in [5, 5.41) is 21.3. The van der Waals surface area contributed by atoms with Crippen LogP contribution in [0, 0.1) is 11.6 Å². The minimum atomic E-state index is -1.04. The fourth-order valence-corrected chi connectivity index (χ4v) is 4.61. The van der Waals surface area contributed by atoms with Crippen LogP contribution in [0.25, 0.3) is 11.3 Å². The number of nitrogens with two attached hydrogens (primary N) is 1. The van der Waals surface area contributed by atoms with E-state index >= 15 is 0 Å². The molecule has 0 aliphatic carbocycles. The van der Waals surface area contributed by atoms with Crippen molar-refractivity contribution in [3.8, 4) is 17.0 Å². The molecular weight excluding hydrogens is 586 g/mol. The monoisotopic (exact) mass is 614 g/mol. The molecule has 0 radical (unpaired) electrons. The van der Waals surface area contributed by atoms with Crippen LogP contribution in [-0.2, 0) is 4.79 Å². The van der Waals surface area contributed by atoms with Gasteiger partial charge in [-0.05, 0) is 35.4 Å². The highest BCUT2D eigenvalue weighted by molar-refractivity contribution is 9.10. The summed E-state index contributed by atoms with van der Waals surface area (Å²) in [5.41, 5.74) is 7.58. The number of hydrogen-bond donors (Lipinski definition) is 5. The number of nitrogens with one attached hydrogen (secondary N) is 2. The van der Waals surface area contributed by atoms with E-state index in [0.29, 0.717) is 17.1 Å². The van der Waals surface area contributed by atoms with E-state index in [4.69, 9.17) is 15.6 Å². The number of halogens is 3. The Morgan fingerprint density at radius 2 is 1.75 bits per heavy atom. The second kappa shape index (κ2) is 13.1. The second-order valence-corrected chi connectivity index (χ2v) is 10.2. The quantitative estimate of drug-likeness (QED) is 0.169. The summed E-state index contributed by atoms with van der Waals surface area (Å²) in [6, 6.07) is 16.5. The third kappa shape index (κ3) is 6.92. The Balaban J connectivity index is 1.58. The van der Waals surface area contributed by atoms with Gasteiger partial charge in [-0.2, -0.15) is 0 Å². The zero-order valence-corrected chi connectivity index (χ0v) is 23.1. The maximum absolute atomic E-state index is 14.6. The van der Waals surface area contributed by atoms with Gasteiger partial charge in [0.2, 0.25) is 5.91 Å². The van der Waals surface area contributed by atoms with Crippen LogP contribution in [0.3, 0.4) is 0 Å². The molecule has 6 N–H and O–H groups in total. The van der Waals surface area contributed by atoms with Crippen LogP contribution in [-0.4, -0.2) is 45.4 Å². The number of carbonyl (C=O) groups excluding carboxylic acids is 1. The Morgan fingerprint density at radius 1 is 1.10 bits per heavy atom. The van der Waals surface area contributed by atoms with E-state index in [1.54, 1.807) is 24.3 Å². The van der Waals surface area contributed by atoms with Crippen LogP contribution in [0.5, 0.6) is 5.75 Å². The second-order valence-electron chi connectivity index (χ2n) is 9.31. The summed E-state index contributed by atoms with van der Waals surface area (Å²) in [6.45, 7) is 1.40. The number of aliphatic hydroxyl groups excluding tert-OH is 2. The first-order chi connectivity index (χ1) is 19.2. The SMILES string of the molecule is C[C@@H](c1ccccc1)[C@H](NC(=O)[C@H](N)c1ccc(OC[C@H](O)CO)cc1)c1ncc(-c2c(F)cc(Br)cc2F)[nH]1. The molecule has 0 saturated heterocycles. The summed E-state index contributed by atoms with van der Waals surface area (Å²) in [6.07, 6.45) is 0.323. The lowest BCUT2D eigenvalue weighted by atomic mass is 9.92. The maximum atomic E-state index is 14.6. The van der Waals surface area contributed by atoms with Gasteiger partial charge in [0.25, 0.3) is 0 Å². The number of nitrogens with zero attached hydrogens (tertiary/aromatic N) is 1. The summed E-state index contributed by atoms with van der Waals surface area (Å²) in [5.74, 6) is -1.56. The number of amides is 1. The fraction of sp³-hybridized carbons (Fsp3) is 0.241. The summed E-state index contributed by atoms with van der Waals surface area (Å²) >= 11 is 3.08. The number of ether oxygens (including phenoxy) is 1. The van der Waals surface area contributed by atoms with E-state index in [1.807, 2.05) is 37.3 Å². The smallest absolute Gasteiger partial charge is 0.242 e. The largest absolute Gasteiger partial charge is 0.491 e. The third-order valence-electron chi connectivity index (χ3n) is 6.46. The molecule has 40 heavy (non-hydrogen) atoms. The minimum absolute atomic E-state index is 0.0827. The highest BCUT2D eigenvalue weighted by Gasteiger charge is 2.29. The molecule has 0 aliphatic rings. The van der Waals surface area contributed by atoms with Crippen molar-refractivity contribution in [1.82, 2.24) is 15.3 Å². The highest BCUT2D eigenvalue weighted by Crippen LogP contribution is 2.33. The lowest BCUT2D eigenvalue weighted by Gasteiger charge is -2.26. The number of benzene rings is 3. The predicted molar refractivity (Wildman–Crippen MR) is 149 cm³/mol. The normalized spacial score (nSPS) is 14.3. The first-order valence-corrected chi connectivity index (χ1v) is 13.3. The molecule has 1 aromatic heterocycles. The summed E-state index contributed by atoms with van der Waals surface area (Å²) in [7, 11) is 0. The van der Waals surface area contributed by atoms with E-state index in [-0.39, 0.29) is 28.3 Å². The Labute approximate surface area is 238 Å². The fourth-order valence-electron chi connectivity index (χ4n) is 4.21. The van der Waals surface area contributed by atoms with E-state index in [2.05, 4.69) is 31.2 Å². The molecule has 3 aromatic carbocycles. The molecule has 0 saturated carbocycles. The molecular formula is C29H29BrF2N4O4. The maximum Gasteiger partial charge on any atom is 0.242 e. The lowest BCUT2D eigenvalue weighted by Crippen LogP contribution is -2.39. The highest BCUT2D eigenvalue weighted by atomic mass is 79.9. The van der Waals surface area contributed by atoms with E-state index in [1.165, 1.54) is 6.20 Å². The van der Waals surface area contributed by atoms with E-state index in [0.717, 1.165) is 17.7 Å². The molecule has 0 bridgehead atoms. The number of aromatic amines is 1.